The van der Waals surface area contributed by atoms with E-state index in [0.717, 1.165) is 33.4 Å². The molecular weight excluding hydrogens is 282 g/mol. The number of H-pyrrole nitrogens is 1. The minimum atomic E-state index is 0.538. The lowest BCUT2D eigenvalue weighted by molar-refractivity contribution is 0.607. The molecule has 0 aliphatic rings. The van der Waals surface area contributed by atoms with Crippen molar-refractivity contribution in [2.24, 2.45) is 5.92 Å². The Hall–Kier alpha value is -2.21. The van der Waals surface area contributed by atoms with Crippen LogP contribution in [0.25, 0.3) is 26.6 Å². The summed E-state index contributed by atoms with van der Waals surface area (Å²) in [6.45, 7) is 4.35. The van der Waals surface area contributed by atoms with E-state index < -0.39 is 0 Å². The molecular formula is C15H15N5S. The summed E-state index contributed by atoms with van der Waals surface area (Å²) in [5.74, 6) is 1.47. The van der Waals surface area contributed by atoms with Crippen LogP contribution in [0.1, 0.15) is 19.7 Å². The lowest BCUT2D eigenvalue weighted by Crippen LogP contribution is -2.01. The van der Waals surface area contributed by atoms with Gasteiger partial charge in [0.2, 0.25) is 4.96 Å². The lowest BCUT2D eigenvalue weighted by atomic mass is 10.1. The quantitative estimate of drug-likeness (QED) is 0.629. The van der Waals surface area contributed by atoms with Gasteiger partial charge in [-0.1, -0.05) is 43.4 Å². The van der Waals surface area contributed by atoms with Crippen molar-refractivity contribution >= 4 is 27.2 Å². The van der Waals surface area contributed by atoms with E-state index in [1.54, 1.807) is 11.3 Å². The molecule has 3 aromatic heterocycles. The van der Waals surface area contributed by atoms with E-state index in [1.807, 2.05) is 16.6 Å². The molecule has 106 valence electrons. The molecule has 4 rings (SSSR count). The maximum absolute atomic E-state index is 4.67. The number of rotatable bonds is 3. The first kappa shape index (κ1) is 12.5. The van der Waals surface area contributed by atoms with Gasteiger partial charge < -0.3 is 4.98 Å². The minimum absolute atomic E-state index is 0.538. The summed E-state index contributed by atoms with van der Waals surface area (Å²) >= 11 is 1.56. The van der Waals surface area contributed by atoms with Crippen molar-refractivity contribution in [1.82, 2.24) is 24.8 Å². The second-order valence-corrected chi connectivity index (χ2v) is 6.54. The van der Waals surface area contributed by atoms with Gasteiger partial charge in [-0.2, -0.15) is 9.61 Å². The molecule has 1 aromatic carbocycles. The molecule has 1 N–H and O–H groups in total. The molecule has 0 unspecified atom stereocenters. The first-order valence-electron chi connectivity index (χ1n) is 7.00. The molecule has 3 heterocycles. The Morgan fingerprint density at radius 1 is 1.24 bits per heavy atom. The Labute approximate surface area is 125 Å². The number of fused-ring (bicyclic) bond motifs is 2. The second-order valence-electron chi connectivity index (χ2n) is 5.59. The van der Waals surface area contributed by atoms with Crippen molar-refractivity contribution in [1.29, 1.82) is 0 Å². The van der Waals surface area contributed by atoms with Crippen LogP contribution in [-0.4, -0.2) is 24.8 Å². The van der Waals surface area contributed by atoms with Crippen molar-refractivity contribution < 1.29 is 0 Å². The van der Waals surface area contributed by atoms with Crippen LogP contribution in [0.5, 0.6) is 0 Å². The van der Waals surface area contributed by atoms with E-state index in [-0.39, 0.29) is 0 Å². The second kappa shape index (κ2) is 4.66. The molecule has 0 spiro atoms. The smallest absolute Gasteiger partial charge is 0.235 e. The van der Waals surface area contributed by atoms with Crippen molar-refractivity contribution in [3.63, 3.8) is 0 Å². The van der Waals surface area contributed by atoms with Crippen molar-refractivity contribution in [2.75, 3.05) is 0 Å². The Morgan fingerprint density at radius 3 is 2.90 bits per heavy atom. The highest BCUT2D eigenvalue weighted by Gasteiger charge is 2.15. The monoisotopic (exact) mass is 297 g/mol. The maximum Gasteiger partial charge on any atom is 0.235 e. The molecule has 21 heavy (non-hydrogen) atoms. The van der Waals surface area contributed by atoms with Gasteiger partial charge in [-0.05, 0) is 18.1 Å². The van der Waals surface area contributed by atoms with Crippen LogP contribution in [0.4, 0.5) is 0 Å². The van der Waals surface area contributed by atoms with Gasteiger partial charge in [0, 0.05) is 17.3 Å². The van der Waals surface area contributed by atoms with Crippen LogP contribution >= 0.6 is 11.3 Å². The fraction of sp³-hybridized carbons (Fsp3) is 0.267. The van der Waals surface area contributed by atoms with Crippen LogP contribution in [0.2, 0.25) is 0 Å². The van der Waals surface area contributed by atoms with E-state index >= 15 is 0 Å². The van der Waals surface area contributed by atoms with Crippen LogP contribution in [-0.2, 0) is 6.42 Å². The van der Waals surface area contributed by atoms with Crippen LogP contribution in [0.3, 0.4) is 0 Å². The molecule has 0 bridgehead atoms. The van der Waals surface area contributed by atoms with Gasteiger partial charge in [0.1, 0.15) is 0 Å². The fourth-order valence-corrected chi connectivity index (χ4v) is 3.28. The molecule has 0 amide bonds. The summed E-state index contributed by atoms with van der Waals surface area (Å²) < 4.78 is 1.87. The SMILES string of the molecule is CC(C)Cc1nnc2sc(-c3cc4ccccc4[nH]3)nn12. The summed E-state index contributed by atoms with van der Waals surface area (Å²) in [7, 11) is 0. The average Bonchev–Trinajstić information content (AvgIpc) is 3.12. The van der Waals surface area contributed by atoms with E-state index in [2.05, 4.69) is 52.3 Å². The summed E-state index contributed by atoms with van der Waals surface area (Å²) in [6.07, 6.45) is 0.886. The van der Waals surface area contributed by atoms with Crippen LogP contribution in [0, 0.1) is 5.92 Å². The minimum Gasteiger partial charge on any atom is -0.353 e. The topological polar surface area (TPSA) is 58.9 Å². The molecule has 0 fully saturated rings. The number of nitrogens with zero attached hydrogens (tertiary/aromatic N) is 4. The third kappa shape index (κ3) is 2.12. The van der Waals surface area contributed by atoms with Crippen molar-refractivity contribution in [3.8, 4) is 10.7 Å². The predicted molar refractivity (Wildman–Crippen MR) is 84.5 cm³/mol. The van der Waals surface area contributed by atoms with Crippen LogP contribution in [0.15, 0.2) is 30.3 Å². The number of aromatic amines is 1. The number of para-hydroxylation sites is 1. The molecule has 0 aliphatic heterocycles. The first-order chi connectivity index (χ1) is 10.2. The molecule has 0 saturated carbocycles. The molecule has 0 radical (unpaired) electrons. The van der Waals surface area contributed by atoms with Gasteiger partial charge in [0.25, 0.3) is 0 Å². The number of aromatic nitrogens is 5. The lowest BCUT2D eigenvalue weighted by Gasteiger charge is -1.99. The molecule has 0 saturated heterocycles. The van der Waals surface area contributed by atoms with E-state index in [1.165, 1.54) is 5.39 Å². The molecule has 5 nitrogen and oxygen atoms in total. The summed E-state index contributed by atoms with van der Waals surface area (Å²) in [6, 6.07) is 10.4. The van der Waals surface area contributed by atoms with E-state index in [4.69, 9.17) is 0 Å². The third-order valence-electron chi connectivity index (χ3n) is 3.41. The van der Waals surface area contributed by atoms with Crippen molar-refractivity contribution in [3.05, 3.63) is 36.2 Å². The van der Waals surface area contributed by atoms with Gasteiger partial charge in [-0.25, -0.2) is 0 Å². The Bertz CT molecular complexity index is 881. The average molecular weight is 297 g/mol. The fourth-order valence-electron chi connectivity index (χ4n) is 2.45. The first-order valence-corrected chi connectivity index (χ1v) is 7.81. The van der Waals surface area contributed by atoms with Gasteiger partial charge in [0.05, 0.1) is 5.69 Å². The van der Waals surface area contributed by atoms with E-state index in [9.17, 15) is 0 Å². The summed E-state index contributed by atoms with van der Waals surface area (Å²) in [4.78, 5) is 4.26. The zero-order valence-corrected chi connectivity index (χ0v) is 12.7. The number of nitrogens with one attached hydrogen (secondary N) is 1. The number of hydrogen-bond donors (Lipinski definition) is 1. The van der Waals surface area contributed by atoms with E-state index in [0.29, 0.717) is 5.92 Å². The highest BCUT2D eigenvalue weighted by atomic mass is 32.1. The summed E-state index contributed by atoms with van der Waals surface area (Å²) in [5, 5.41) is 15.3. The Morgan fingerprint density at radius 2 is 2.10 bits per heavy atom. The Kier molecular flexibility index (Phi) is 2.78. The molecule has 0 aliphatic carbocycles. The largest absolute Gasteiger partial charge is 0.353 e. The predicted octanol–water partition coefficient (Wildman–Crippen LogP) is 3.53. The highest BCUT2D eigenvalue weighted by Crippen LogP contribution is 2.28. The third-order valence-corrected chi connectivity index (χ3v) is 4.34. The highest BCUT2D eigenvalue weighted by molar-refractivity contribution is 7.19. The zero-order chi connectivity index (χ0) is 14.4. The van der Waals surface area contributed by atoms with Crippen molar-refractivity contribution in [2.45, 2.75) is 20.3 Å². The normalized spacial score (nSPS) is 12.0. The zero-order valence-electron chi connectivity index (χ0n) is 11.9. The summed E-state index contributed by atoms with van der Waals surface area (Å²) in [5.41, 5.74) is 2.16. The number of hydrogen-bond acceptors (Lipinski definition) is 4. The molecule has 0 atom stereocenters. The number of benzene rings is 1. The van der Waals surface area contributed by atoms with Gasteiger partial charge in [-0.3, -0.25) is 0 Å². The molecule has 6 heteroatoms. The van der Waals surface area contributed by atoms with Gasteiger partial charge in [0.15, 0.2) is 10.8 Å². The van der Waals surface area contributed by atoms with Gasteiger partial charge >= 0.3 is 0 Å². The van der Waals surface area contributed by atoms with Crippen LogP contribution < -0.4 is 0 Å². The van der Waals surface area contributed by atoms with Gasteiger partial charge in [-0.15, -0.1) is 10.2 Å². The molecule has 4 aromatic rings. The maximum atomic E-state index is 4.67. The standard InChI is InChI=1S/C15H15N5S/c1-9(2)7-13-17-18-15-20(13)19-14(21-15)12-8-10-5-3-4-6-11(10)16-12/h3-6,8-9,16H,7H2,1-2H3. The Balaban J connectivity index is 1.81.